The Morgan fingerprint density at radius 1 is 1.50 bits per heavy atom. The molecule has 1 rings (SSSR count). The minimum absolute atomic E-state index is 0.0194. The predicted octanol–water partition coefficient (Wildman–Crippen LogP) is 1.25. The number of guanidine groups is 1. The fourth-order valence-electron chi connectivity index (χ4n) is 1.25. The molecule has 5 nitrogen and oxygen atoms in total. The van der Waals surface area contributed by atoms with Gasteiger partial charge in [-0.2, -0.15) is 0 Å². The maximum atomic E-state index is 4.51. The van der Waals surface area contributed by atoms with E-state index in [1.807, 2.05) is 10.6 Å². The summed E-state index contributed by atoms with van der Waals surface area (Å²) in [6.07, 6.45) is 3.77. The fourth-order valence-corrected chi connectivity index (χ4v) is 1.71. The molecular weight excluding hydrogens is 222 g/mol. The number of nitrogens with zero attached hydrogens (tertiary/aromatic N) is 3. The van der Waals surface area contributed by atoms with Crippen molar-refractivity contribution in [3.05, 3.63) is 0 Å². The van der Waals surface area contributed by atoms with Gasteiger partial charge in [0, 0.05) is 11.8 Å². The average Bonchev–Trinajstić information content (AvgIpc) is 2.16. The molecule has 1 aliphatic rings. The summed E-state index contributed by atoms with van der Waals surface area (Å²) >= 11 is 1.60. The second-order valence-corrected chi connectivity index (χ2v) is 5.33. The second kappa shape index (κ2) is 5.54. The van der Waals surface area contributed by atoms with Gasteiger partial charge in [-0.15, -0.1) is 0 Å². The molecule has 0 fully saturated rings. The number of aliphatic imine (C=N–C) groups is 2. The summed E-state index contributed by atoms with van der Waals surface area (Å²) in [5, 5.41) is 6.55. The molecule has 0 saturated carbocycles. The van der Waals surface area contributed by atoms with Crippen LogP contribution >= 0.6 is 11.9 Å². The number of hydrogen-bond acceptors (Lipinski definition) is 6. The van der Waals surface area contributed by atoms with E-state index in [1.165, 1.54) is 0 Å². The molecule has 0 aliphatic carbocycles. The average molecular weight is 243 g/mol. The molecule has 0 saturated heterocycles. The van der Waals surface area contributed by atoms with Crippen molar-refractivity contribution in [1.82, 2.24) is 14.9 Å². The lowest BCUT2D eigenvalue weighted by Gasteiger charge is -2.30. The molecule has 0 amide bonds. The van der Waals surface area contributed by atoms with Crippen molar-refractivity contribution < 1.29 is 0 Å². The lowest BCUT2D eigenvalue weighted by atomic mass is 10.1. The zero-order valence-corrected chi connectivity index (χ0v) is 11.4. The van der Waals surface area contributed by atoms with Gasteiger partial charge in [0.05, 0.1) is 0 Å². The minimum Gasteiger partial charge on any atom is -0.350 e. The van der Waals surface area contributed by atoms with Crippen molar-refractivity contribution in [2.24, 2.45) is 9.98 Å². The first-order valence-corrected chi connectivity index (χ1v) is 6.60. The van der Waals surface area contributed by atoms with Crippen LogP contribution in [0.4, 0.5) is 0 Å². The third-order valence-corrected chi connectivity index (χ3v) is 2.58. The zero-order valence-electron chi connectivity index (χ0n) is 10.6. The summed E-state index contributed by atoms with van der Waals surface area (Å²) in [6, 6.07) is 0. The quantitative estimate of drug-likeness (QED) is 0.732. The molecule has 0 spiro atoms. The van der Waals surface area contributed by atoms with Gasteiger partial charge in [0.2, 0.25) is 5.96 Å². The van der Waals surface area contributed by atoms with Gasteiger partial charge in [0.25, 0.3) is 0 Å². The Labute approximate surface area is 102 Å². The van der Waals surface area contributed by atoms with Crippen molar-refractivity contribution in [3.8, 4) is 0 Å². The topological polar surface area (TPSA) is 52.0 Å². The SMILES string of the molecule is CCNC1N=C(NC(C)(C)C)N=CN1SC. The fraction of sp³-hybridized carbons (Fsp3) is 0.800. The van der Waals surface area contributed by atoms with E-state index >= 15 is 0 Å². The molecule has 0 aromatic carbocycles. The molecule has 2 N–H and O–H groups in total. The van der Waals surface area contributed by atoms with E-state index in [-0.39, 0.29) is 11.8 Å². The molecule has 1 aliphatic heterocycles. The first-order chi connectivity index (χ1) is 7.46. The van der Waals surface area contributed by atoms with Gasteiger partial charge in [-0.05, 0) is 39.3 Å². The summed E-state index contributed by atoms with van der Waals surface area (Å²) in [5.74, 6) is 0.684. The second-order valence-electron chi connectivity index (χ2n) is 4.55. The van der Waals surface area contributed by atoms with Crippen molar-refractivity contribution in [3.63, 3.8) is 0 Å². The van der Waals surface area contributed by atoms with Crippen molar-refractivity contribution in [1.29, 1.82) is 0 Å². The Hall–Kier alpha value is -0.750. The van der Waals surface area contributed by atoms with Crippen molar-refractivity contribution >= 4 is 24.2 Å². The Morgan fingerprint density at radius 2 is 2.19 bits per heavy atom. The Bertz CT molecular complexity index is 281. The lowest BCUT2D eigenvalue weighted by Crippen LogP contribution is -2.47. The van der Waals surface area contributed by atoms with Crippen molar-refractivity contribution in [2.45, 2.75) is 39.5 Å². The van der Waals surface area contributed by atoms with Crippen molar-refractivity contribution in [2.75, 3.05) is 12.8 Å². The van der Waals surface area contributed by atoms with Crippen LogP contribution in [0.3, 0.4) is 0 Å². The monoisotopic (exact) mass is 243 g/mol. The summed E-state index contributed by atoms with van der Waals surface area (Å²) in [4.78, 5) is 8.79. The van der Waals surface area contributed by atoms with Crippen LogP contribution in [0.15, 0.2) is 9.98 Å². The van der Waals surface area contributed by atoms with Crippen LogP contribution in [0.1, 0.15) is 27.7 Å². The molecule has 0 aromatic heterocycles. The number of nitrogens with one attached hydrogen (secondary N) is 2. The lowest BCUT2D eigenvalue weighted by molar-refractivity contribution is 0.405. The van der Waals surface area contributed by atoms with Gasteiger partial charge >= 0.3 is 0 Å². The van der Waals surface area contributed by atoms with E-state index in [0.29, 0.717) is 5.96 Å². The highest BCUT2D eigenvalue weighted by Gasteiger charge is 2.20. The van der Waals surface area contributed by atoms with Gasteiger partial charge in [0.1, 0.15) is 6.34 Å². The highest BCUT2D eigenvalue weighted by Crippen LogP contribution is 2.12. The Kier molecular flexibility index (Phi) is 4.61. The Morgan fingerprint density at radius 3 is 2.69 bits per heavy atom. The molecule has 1 atom stereocenters. The van der Waals surface area contributed by atoms with E-state index < -0.39 is 0 Å². The van der Waals surface area contributed by atoms with E-state index in [9.17, 15) is 0 Å². The summed E-state index contributed by atoms with van der Waals surface area (Å²) in [6.45, 7) is 9.22. The largest absolute Gasteiger partial charge is 0.350 e. The molecule has 16 heavy (non-hydrogen) atoms. The van der Waals surface area contributed by atoms with Gasteiger partial charge in [-0.3, -0.25) is 9.62 Å². The van der Waals surface area contributed by atoms with E-state index in [0.717, 1.165) is 6.54 Å². The van der Waals surface area contributed by atoms with Gasteiger partial charge in [0.15, 0.2) is 6.29 Å². The van der Waals surface area contributed by atoms with Gasteiger partial charge < -0.3 is 5.32 Å². The number of rotatable bonds is 3. The first-order valence-electron chi connectivity index (χ1n) is 5.42. The molecule has 0 aromatic rings. The van der Waals surface area contributed by atoms with Gasteiger partial charge in [-0.1, -0.05) is 6.92 Å². The summed E-state index contributed by atoms with van der Waals surface area (Å²) in [5.41, 5.74) is -0.0194. The molecule has 6 heteroatoms. The third-order valence-electron chi connectivity index (χ3n) is 1.86. The normalized spacial score (nSPS) is 20.9. The molecule has 0 bridgehead atoms. The predicted molar refractivity (Wildman–Crippen MR) is 71.6 cm³/mol. The summed E-state index contributed by atoms with van der Waals surface area (Å²) < 4.78 is 1.98. The number of hydrogen-bond donors (Lipinski definition) is 2. The van der Waals surface area contributed by atoms with E-state index in [4.69, 9.17) is 0 Å². The highest BCUT2D eigenvalue weighted by molar-refractivity contribution is 7.96. The molecule has 92 valence electrons. The molecular formula is C10H21N5S. The van der Waals surface area contributed by atoms with Crippen LogP contribution in [0.25, 0.3) is 0 Å². The molecule has 1 unspecified atom stereocenters. The third kappa shape index (κ3) is 4.02. The van der Waals surface area contributed by atoms with E-state index in [1.54, 1.807) is 18.3 Å². The van der Waals surface area contributed by atoms with Crippen LogP contribution in [0.5, 0.6) is 0 Å². The molecule has 0 radical (unpaired) electrons. The van der Waals surface area contributed by atoms with Crippen LogP contribution in [0, 0.1) is 0 Å². The maximum Gasteiger partial charge on any atom is 0.223 e. The first kappa shape index (κ1) is 13.3. The van der Waals surface area contributed by atoms with Crippen LogP contribution in [-0.4, -0.2) is 41.2 Å². The smallest absolute Gasteiger partial charge is 0.223 e. The molecule has 1 heterocycles. The Balaban J connectivity index is 2.70. The van der Waals surface area contributed by atoms with E-state index in [2.05, 4.69) is 48.3 Å². The van der Waals surface area contributed by atoms with Crippen LogP contribution < -0.4 is 10.6 Å². The maximum absolute atomic E-state index is 4.51. The van der Waals surface area contributed by atoms with Gasteiger partial charge in [-0.25, -0.2) is 9.98 Å². The van der Waals surface area contributed by atoms with Crippen LogP contribution in [-0.2, 0) is 0 Å². The highest BCUT2D eigenvalue weighted by atomic mass is 32.2. The zero-order chi connectivity index (χ0) is 12.2. The summed E-state index contributed by atoms with van der Waals surface area (Å²) in [7, 11) is 0. The van der Waals surface area contributed by atoms with Crippen LogP contribution in [0.2, 0.25) is 0 Å². The standard InChI is InChI=1S/C10H21N5S/c1-6-11-9-13-8(14-10(2,3)4)12-7-15(9)16-5/h7,9,11H,6H2,1-5H3,(H,13,14). The minimum atomic E-state index is -0.0395.